The van der Waals surface area contributed by atoms with Gasteiger partial charge < -0.3 is 5.32 Å². The highest BCUT2D eigenvalue weighted by atomic mass is 32.2. The number of aromatic nitrogens is 3. The summed E-state index contributed by atoms with van der Waals surface area (Å²) in [6, 6.07) is 0.642. The van der Waals surface area contributed by atoms with Crippen LogP contribution in [0.5, 0.6) is 0 Å². The minimum atomic E-state index is 0.642. The number of H-pyrrole nitrogens is 1. The summed E-state index contributed by atoms with van der Waals surface area (Å²) < 4.78 is 0. The zero-order chi connectivity index (χ0) is 11.4. The molecule has 16 heavy (non-hydrogen) atoms. The predicted octanol–water partition coefficient (Wildman–Crippen LogP) is 1.98. The highest BCUT2D eigenvalue weighted by Crippen LogP contribution is 2.34. The van der Waals surface area contributed by atoms with Crippen molar-refractivity contribution in [3.63, 3.8) is 0 Å². The highest BCUT2D eigenvalue weighted by Gasteiger charge is 2.30. The normalized spacial score (nSPS) is 17.6. The van der Waals surface area contributed by atoms with Crippen LogP contribution >= 0.6 is 11.8 Å². The van der Waals surface area contributed by atoms with Crippen LogP contribution in [0.2, 0.25) is 0 Å². The van der Waals surface area contributed by atoms with Gasteiger partial charge in [0.1, 0.15) is 5.82 Å². The quantitative estimate of drug-likeness (QED) is 0.716. The van der Waals surface area contributed by atoms with Crippen molar-refractivity contribution in [3.05, 3.63) is 5.82 Å². The van der Waals surface area contributed by atoms with E-state index in [1.807, 2.05) is 6.92 Å². The van der Waals surface area contributed by atoms with Gasteiger partial charge in [-0.3, -0.25) is 5.10 Å². The molecule has 1 atom stereocenters. The molecule has 5 heteroatoms. The van der Waals surface area contributed by atoms with Gasteiger partial charge in [0.2, 0.25) is 5.16 Å². The molecule has 1 aliphatic rings. The maximum absolute atomic E-state index is 4.31. The van der Waals surface area contributed by atoms with Crippen molar-refractivity contribution in [1.29, 1.82) is 0 Å². The average Bonchev–Trinajstić information content (AvgIpc) is 3.03. The number of hydrogen-bond acceptors (Lipinski definition) is 4. The second kappa shape index (κ2) is 5.68. The Morgan fingerprint density at radius 1 is 1.56 bits per heavy atom. The molecule has 1 aromatic rings. The molecule has 2 N–H and O–H groups in total. The van der Waals surface area contributed by atoms with Crippen LogP contribution in [-0.4, -0.2) is 33.5 Å². The summed E-state index contributed by atoms with van der Waals surface area (Å²) in [7, 11) is 0. The molecule has 0 aliphatic heterocycles. The van der Waals surface area contributed by atoms with E-state index in [4.69, 9.17) is 0 Å². The van der Waals surface area contributed by atoms with E-state index >= 15 is 0 Å². The molecular weight excluding hydrogens is 220 g/mol. The molecule has 2 rings (SSSR count). The summed E-state index contributed by atoms with van der Waals surface area (Å²) in [6.45, 7) is 5.27. The fourth-order valence-corrected chi connectivity index (χ4v) is 2.77. The van der Waals surface area contributed by atoms with Gasteiger partial charge >= 0.3 is 0 Å². The monoisotopic (exact) mass is 240 g/mol. The Labute approximate surface area is 101 Å². The van der Waals surface area contributed by atoms with Crippen molar-refractivity contribution in [1.82, 2.24) is 20.5 Å². The Hall–Kier alpha value is -0.550. The van der Waals surface area contributed by atoms with Gasteiger partial charge in [-0.2, -0.15) is 0 Å². The zero-order valence-electron chi connectivity index (χ0n) is 9.99. The smallest absolute Gasteiger partial charge is 0.208 e. The van der Waals surface area contributed by atoms with Gasteiger partial charge in [0.25, 0.3) is 0 Å². The summed E-state index contributed by atoms with van der Waals surface area (Å²) in [4.78, 5) is 4.31. The second-order valence-corrected chi connectivity index (χ2v) is 5.40. The standard InChI is InChI=1S/C11H20N4S/c1-3-6-12-10(9-4-5-9)7-16-11-13-8(2)14-15-11/h9-10,12H,3-7H2,1-2H3,(H,13,14,15). The van der Waals surface area contributed by atoms with E-state index in [1.54, 1.807) is 11.8 Å². The number of rotatable bonds is 7. The van der Waals surface area contributed by atoms with Crippen molar-refractivity contribution < 1.29 is 0 Å². The summed E-state index contributed by atoms with van der Waals surface area (Å²) >= 11 is 1.75. The number of thioether (sulfide) groups is 1. The highest BCUT2D eigenvalue weighted by molar-refractivity contribution is 7.99. The van der Waals surface area contributed by atoms with Crippen LogP contribution in [0.4, 0.5) is 0 Å². The third kappa shape index (κ3) is 3.49. The van der Waals surface area contributed by atoms with Gasteiger partial charge in [-0.1, -0.05) is 18.7 Å². The fraction of sp³-hybridized carbons (Fsp3) is 0.818. The third-order valence-electron chi connectivity index (χ3n) is 2.82. The molecule has 0 radical (unpaired) electrons. The van der Waals surface area contributed by atoms with E-state index in [2.05, 4.69) is 27.4 Å². The van der Waals surface area contributed by atoms with Gasteiger partial charge in [0.15, 0.2) is 0 Å². The van der Waals surface area contributed by atoms with E-state index in [9.17, 15) is 0 Å². The van der Waals surface area contributed by atoms with Crippen LogP contribution in [0.15, 0.2) is 5.16 Å². The number of aryl methyl sites for hydroxylation is 1. The molecule has 0 spiro atoms. The molecule has 1 unspecified atom stereocenters. The molecule has 1 heterocycles. The van der Waals surface area contributed by atoms with Crippen molar-refractivity contribution in [2.24, 2.45) is 5.92 Å². The molecule has 1 fully saturated rings. The molecule has 0 aromatic carbocycles. The van der Waals surface area contributed by atoms with Gasteiger partial charge in [0.05, 0.1) is 0 Å². The Balaban J connectivity index is 1.77. The molecule has 1 aliphatic carbocycles. The number of nitrogens with zero attached hydrogens (tertiary/aromatic N) is 2. The van der Waals surface area contributed by atoms with Crippen LogP contribution in [0.25, 0.3) is 0 Å². The molecule has 4 nitrogen and oxygen atoms in total. The maximum Gasteiger partial charge on any atom is 0.208 e. The first kappa shape index (κ1) is 11.9. The van der Waals surface area contributed by atoms with Crippen LogP contribution in [-0.2, 0) is 0 Å². The topological polar surface area (TPSA) is 53.6 Å². The molecule has 0 saturated heterocycles. The molecule has 1 saturated carbocycles. The van der Waals surface area contributed by atoms with Gasteiger partial charge in [-0.25, -0.2) is 4.98 Å². The van der Waals surface area contributed by atoms with Crippen molar-refractivity contribution in [2.45, 2.75) is 44.3 Å². The van der Waals surface area contributed by atoms with Crippen LogP contribution < -0.4 is 5.32 Å². The first-order valence-corrected chi connectivity index (χ1v) is 7.03. The molecular formula is C11H20N4S. The van der Waals surface area contributed by atoms with Crippen LogP contribution in [0.1, 0.15) is 32.0 Å². The first-order valence-electron chi connectivity index (χ1n) is 6.04. The summed E-state index contributed by atoms with van der Waals surface area (Å²) in [6.07, 6.45) is 3.97. The molecule has 0 bridgehead atoms. The van der Waals surface area contributed by atoms with E-state index in [1.165, 1.54) is 19.3 Å². The summed E-state index contributed by atoms with van der Waals surface area (Å²) in [5.41, 5.74) is 0. The lowest BCUT2D eigenvalue weighted by Gasteiger charge is -2.16. The van der Waals surface area contributed by atoms with Crippen molar-refractivity contribution in [3.8, 4) is 0 Å². The maximum atomic E-state index is 4.31. The van der Waals surface area contributed by atoms with Gasteiger partial charge in [-0.05, 0) is 38.6 Å². The number of aromatic amines is 1. The lowest BCUT2D eigenvalue weighted by atomic mass is 10.2. The van der Waals surface area contributed by atoms with Gasteiger partial charge in [-0.15, -0.1) is 5.10 Å². The number of nitrogens with one attached hydrogen (secondary N) is 2. The van der Waals surface area contributed by atoms with E-state index in [0.717, 1.165) is 29.2 Å². The zero-order valence-corrected chi connectivity index (χ0v) is 10.8. The Morgan fingerprint density at radius 2 is 2.38 bits per heavy atom. The summed E-state index contributed by atoms with van der Waals surface area (Å²) in [5.74, 6) is 2.87. The van der Waals surface area contributed by atoms with E-state index in [-0.39, 0.29) is 0 Å². The number of hydrogen-bond donors (Lipinski definition) is 2. The van der Waals surface area contributed by atoms with Crippen molar-refractivity contribution >= 4 is 11.8 Å². The molecule has 1 aromatic heterocycles. The first-order chi connectivity index (χ1) is 7.79. The Bertz CT molecular complexity index is 322. The molecule has 0 amide bonds. The van der Waals surface area contributed by atoms with Gasteiger partial charge in [0, 0.05) is 11.8 Å². The minimum absolute atomic E-state index is 0.642. The van der Waals surface area contributed by atoms with E-state index in [0.29, 0.717) is 6.04 Å². The fourth-order valence-electron chi connectivity index (χ4n) is 1.74. The predicted molar refractivity (Wildman–Crippen MR) is 66.6 cm³/mol. The van der Waals surface area contributed by atoms with Crippen LogP contribution in [0.3, 0.4) is 0 Å². The molecule has 90 valence electrons. The van der Waals surface area contributed by atoms with Crippen LogP contribution in [0, 0.1) is 12.8 Å². The Kier molecular flexibility index (Phi) is 4.23. The lowest BCUT2D eigenvalue weighted by molar-refractivity contribution is 0.503. The average molecular weight is 240 g/mol. The largest absolute Gasteiger partial charge is 0.313 e. The Morgan fingerprint density at radius 3 is 2.94 bits per heavy atom. The second-order valence-electron chi connectivity index (χ2n) is 4.41. The third-order valence-corrected chi connectivity index (χ3v) is 3.78. The minimum Gasteiger partial charge on any atom is -0.313 e. The lowest BCUT2D eigenvalue weighted by Crippen LogP contribution is -2.33. The van der Waals surface area contributed by atoms with Crippen molar-refractivity contribution in [2.75, 3.05) is 12.3 Å². The van der Waals surface area contributed by atoms with E-state index < -0.39 is 0 Å². The summed E-state index contributed by atoms with van der Waals surface area (Å²) in [5, 5.41) is 11.5. The SMILES string of the molecule is CCCNC(CSc1n[nH]c(C)n1)C1CC1.